The normalized spacial score (nSPS) is 11.0. The van der Waals surface area contributed by atoms with Crippen LogP contribution in [0.2, 0.25) is 0 Å². The van der Waals surface area contributed by atoms with Crippen LogP contribution in [0.15, 0.2) is 47.4 Å². The summed E-state index contributed by atoms with van der Waals surface area (Å²) >= 11 is 0. The maximum atomic E-state index is 12.2. The lowest BCUT2D eigenvalue weighted by atomic mass is 10.2. The molecular weight excluding hydrogens is 324 g/mol. The fourth-order valence-corrected chi connectivity index (χ4v) is 2.10. The minimum absolute atomic E-state index is 0.00880. The number of amides is 1. The smallest absolute Gasteiger partial charge is 0.414 e. The molecule has 2 aromatic rings. The van der Waals surface area contributed by atoms with Gasteiger partial charge in [0, 0.05) is 25.0 Å². The number of anilines is 1. The summed E-state index contributed by atoms with van der Waals surface area (Å²) in [6.07, 6.45) is 0.716. The van der Waals surface area contributed by atoms with E-state index in [4.69, 9.17) is 9.84 Å². The molecule has 1 aromatic carbocycles. The van der Waals surface area contributed by atoms with E-state index in [1.165, 1.54) is 27.8 Å². The molecule has 7 nitrogen and oxygen atoms in total. The molecule has 0 saturated carbocycles. The number of carboxylic acids is 1. The average Bonchev–Trinajstić information content (AvgIpc) is 2.52. The number of aromatic carboxylic acids is 1. The molecule has 0 spiro atoms. The van der Waals surface area contributed by atoms with E-state index in [1.807, 2.05) is 0 Å². The SMILES string of the molecule is CN(C(=O)OC(C)(C)C)c1cccc(-n2cc(C(=O)O)ccc2=O)c1. The van der Waals surface area contributed by atoms with E-state index in [1.54, 1.807) is 52.1 Å². The Labute approximate surface area is 145 Å². The first-order valence-electron chi connectivity index (χ1n) is 7.61. The zero-order valence-corrected chi connectivity index (χ0v) is 14.5. The number of hydrogen-bond acceptors (Lipinski definition) is 4. The number of ether oxygens (including phenoxy) is 1. The van der Waals surface area contributed by atoms with Crippen LogP contribution >= 0.6 is 0 Å². The van der Waals surface area contributed by atoms with Crippen LogP contribution in [-0.2, 0) is 4.74 Å². The van der Waals surface area contributed by atoms with Crippen molar-refractivity contribution in [3.8, 4) is 5.69 Å². The number of rotatable bonds is 3. The van der Waals surface area contributed by atoms with E-state index in [-0.39, 0.29) is 11.1 Å². The summed E-state index contributed by atoms with van der Waals surface area (Å²) in [6, 6.07) is 9.06. The molecule has 1 N–H and O–H groups in total. The van der Waals surface area contributed by atoms with Crippen molar-refractivity contribution in [3.05, 3.63) is 58.5 Å². The number of carbonyl (C=O) groups is 2. The Morgan fingerprint density at radius 3 is 2.44 bits per heavy atom. The Bertz CT molecular complexity index is 864. The summed E-state index contributed by atoms with van der Waals surface area (Å²) < 4.78 is 6.53. The van der Waals surface area contributed by atoms with E-state index in [9.17, 15) is 14.4 Å². The molecule has 1 amide bonds. The minimum Gasteiger partial charge on any atom is -0.478 e. The van der Waals surface area contributed by atoms with Crippen molar-refractivity contribution < 1.29 is 19.4 Å². The van der Waals surface area contributed by atoms with Gasteiger partial charge in [-0.2, -0.15) is 0 Å². The highest BCUT2D eigenvalue weighted by atomic mass is 16.6. The summed E-state index contributed by atoms with van der Waals surface area (Å²) in [7, 11) is 1.56. The Kier molecular flexibility index (Phi) is 4.97. The van der Waals surface area contributed by atoms with Crippen LogP contribution in [0.1, 0.15) is 31.1 Å². The van der Waals surface area contributed by atoms with E-state index in [2.05, 4.69) is 0 Å². The zero-order chi connectivity index (χ0) is 18.8. The third kappa shape index (κ3) is 4.47. The van der Waals surface area contributed by atoms with Gasteiger partial charge in [0.2, 0.25) is 0 Å². The van der Waals surface area contributed by atoms with Gasteiger partial charge in [0.05, 0.1) is 11.3 Å². The standard InChI is InChI=1S/C18H20N2O5/c1-18(2,3)25-17(24)19(4)13-6-5-7-14(10-13)20-11-12(16(22)23)8-9-15(20)21/h5-11H,1-4H3,(H,22,23). The maximum Gasteiger partial charge on any atom is 0.414 e. The lowest BCUT2D eigenvalue weighted by molar-refractivity contribution is 0.0588. The number of pyridine rings is 1. The Hall–Kier alpha value is -3.09. The molecule has 7 heteroatoms. The number of aromatic nitrogens is 1. The first kappa shape index (κ1) is 18.3. The van der Waals surface area contributed by atoms with Crippen LogP contribution in [0, 0.1) is 0 Å². The molecule has 0 aliphatic heterocycles. The quantitative estimate of drug-likeness (QED) is 0.925. The van der Waals surface area contributed by atoms with Crippen molar-refractivity contribution in [1.82, 2.24) is 4.57 Å². The van der Waals surface area contributed by atoms with E-state index < -0.39 is 17.7 Å². The van der Waals surface area contributed by atoms with Crippen LogP contribution in [0.4, 0.5) is 10.5 Å². The summed E-state index contributed by atoms with van der Waals surface area (Å²) in [5.41, 5.74) is -0.0524. The molecule has 25 heavy (non-hydrogen) atoms. The van der Waals surface area contributed by atoms with Crippen LogP contribution in [-0.4, -0.2) is 34.4 Å². The first-order valence-corrected chi connectivity index (χ1v) is 7.61. The average molecular weight is 344 g/mol. The van der Waals surface area contributed by atoms with Crippen molar-refractivity contribution in [1.29, 1.82) is 0 Å². The van der Waals surface area contributed by atoms with Crippen molar-refractivity contribution in [2.24, 2.45) is 0 Å². The molecule has 0 bridgehead atoms. The Morgan fingerprint density at radius 2 is 1.84 bits per heavy atom. The monoisotopic (exact) mass is 344 g/mol. The lowest BCUT2D eigenvalue weighted by Crippen LogP contribution is -2.34. The molecule has 0 unspecified atom stereocenters. The van der Waals surface area contributed by atoms with Crippen LogP contribution in [0.5, 0.6) is 0 Å². The molecule has 132 valence electrons. The van der Waals surface area contributed by atoms with Crippen molar-refractivity contribution in [2.75, 3.05) is 11.9 Å². The van der Waals surface area contributed by atoms with Gasteiger partial charge in [-0.15, -0.1) is 0 Å². The Balaban J connectivity index is 2.40. The maximum absolute atomic E-state index is 12.2. The summed E-state index contributed by atoms with van der Waals surface area (Å²) in [6.45, 7) is 5.31. The minimum atomic E-state index is -1.13. The highest BCUT2D eigenvalue weighted by Crippen LogP contribution is 2.20. The number of carbonyl (C=O) groups excluding carboxylic acids is 1. The van der Waals surface area contributed by atoms with Crippen molar-refractivity contribution >= 4 is 17.7 Å². The van der Waals surface area contributed by atoms with Gasteiger partial charge < -0.3 is 9.84 Å². The van der Waals surface area contributed by atoms with Gasteiger partial charge in [-0.05, 0) is 45.0 Å². The largest absolute Gasteiger partial charge is 0.478 e. The summed E-state index contributed by atoms with van der Waals surface area (Å²) in [5, 5.41) is 9.09. The zero-order valence-electron chi connectivity index (χ0n) is 14.5. The fourth-order valence-electron chi connectivity index (χ4n) is 2.10. The third-order valence-corrected chi connectivity index (χ3v) is 3.32. The molecule has 1 heterocycles. The second kappa shape index (κ2) is 6.80. The van der Waals surface area contributed by atoms with E-state index >= 15 is 0 Å². The molecule has 2 rings (SSSR count). The predicted octanol–water partition coefficient (Wildman–Crippen LogP) is 2.91. The second-order valence-corrected chi connectivity index (χ2v) is 6.49. The number of hydrogen-bond donors (Lipinski definition) is 1. The fraction of sp³-hybridized carbons (Fsp3) is 0.278. The van der Waals surface area contributed by atoms with Gasteiger partial charge in [0.25, 0.3) is 5.56 Å². The molecular formula is C18H20N2O5. The first-order chi connectivity index (χ1) is 11.6. The molecule has 0 aliphatic rings. The lowest BCUT2D eigenvalue weighted by Gasteiger charge is -2.25. The van der Waals surface area contributed by atoms with Gasteiger partial charge in [-0.1, -0.05) is 6.07 Å². The number of nitrogens with zero attached hydrogens (tertiary/aromatic N) is 2. The molecule has 0 aliphatic carbocycles. The van der Waals surface area contributed by atoms with Gasteiger partial charge in [-0.3, -0.25) is 14.3 Å². The molecule has 0 atom stereocenters. The highest BCUT2D eigenvalue weighted by Gasteiger charge is 2.20. The van der Waals surface area contributed by atoms with Crippen molar-refractivity contribution in [3.63, 3.8) is 0 Å². The van der Waals surface area contributed by atoms with Crippen LogP contribution < -0.4 is 10.5 Å². The summed E-state index contributed by atoms with van der Waals surface area (Å²) in [4.78, 5) is 36.7. The Morgan fingerprint density at radius 1 is 1.16 bits per heavy atom. The second-order valence-electron chi connectivity index (χ2n) is 6.49. The van der Waals surface area contributed by atoms with E-state index in [0.717, 1.165) is 0 Å². The van der Waals surface area contributed by atoms with Crippen LogP contribution in [0.3, 0.4) is 0 Å². The predicted molar refractivity (Wildman–Crippen MR) is 93.6 cm³/mol. The van der Waals surface area contributed by atoms with Gasteiger partial charge in [-0.25, -0.2) is 9.59 Å². The number of benzene rings is 1. The van der Waals surface area contributed by atoms with Gasteiger partial charge in [0.1, 0.15) is 5.60 Å². The summed E-state index contributed by atoms with van der Waals surface area (Å²) in [5.74, 6) is -1.13. The molecule has 1 aromatic heterocycles. The van der Waals surface area contributed by atoms with Crippen LogP contribution in [0.25, 0.3) is 5.69 Å². The molecule has 0 saturated heterocycles. The number of carboxylic acid groups (broad SMARTS) is 1. The molecule has 0 fully saturated rings. The van der Waals surface area contributed by atoms with Gasteiger partial charge >= 0.3 is 12.1 Å². The third-order valence-electron chi connectivity index (χ3n) is 3.32. The molecule has 0 radical (unpaired) electrons. The van der Waals surface area contributed by atoms with E-state index in [0.29, 0.717) is 11.4 Å². The topological polar surface area (TPSA) is 88.8 Å². The van der Waals surface area contributed by atoms with Crippen molar-refractivity contribution in [2.45, 2.75) is 26.4 Å². The highest BCUT2D eigenvalue weighted by molar-refractivity contribution is 5.88. The van der Waals surface area contributed by atoms with Gasteiger partial charge in [0.15, 0.2) is 0 Å².